The summed E-state index contributed by atoms with van der Waals surface area (Å²) in [6.45, 7) is 3.99. The maximum atomic E-state index is 14.1. The van der Waals surface area contributed by atoms with Crippen LogP contribution >= 0.6 is 11.3 Å². The van der Waals surface area contributed by atoms with Crippen molar-refractivity contribution in [2.45, 2.75) is 19.5 Å². The third-order valence-electron chi connectivity index (χ3n) is 6.49. The van der Waals surface area contributed by atoms with Gasteiger partial charge in [0.2, 0.25) is 5.91 Å². The molecule has 0 spiro atoms. The topological polar surface area (TPSA) is 88.0 Å². The third kappa shape index (κ3) is 4.29. The first-order valence-electron chi connectivity index (χ1n) is 11.7. The molecular weight excluding hydrogens is 477 g/mol. The van der Waals surface area contributed by atoms with Crippen LogP contribution in [0, 0.1) is 12.7 Å². The molecule has 0 saturated carbocycles. The molecule has 1 amide bonds. The lowest BCUT2D eigenvalue weighted by Crippen LogP contribution is -2.57. The second-order valence-electron chi connectivity index (χ2n) is 8.91. The number of aryl methyl sites for hydroxylation is 1. The molecule has 8 nitrogen and oxygen atoms in total. The van der Waals surface area contributed by atoms with Gasteiger partial charge in [0.05, 0.1) is 11.1 Å². The van der Waals surface area contributed by atoms with Gasteiger partial charge in [0.15, 0.2) is 5.65 Å². The van der Waals surface area contributed by atoms with E-state index in [1.165, 1.54) is 22.5 Å². The summed E-state index contributed by atoms with van der Waals surface area (Å²) in [5.74, 6) is 0.367. The van der Waals surface area contributed by atoms with Gasteiger partial charge in [0, 0.05) is 37.1 Å². The van der Waals surface area contributed by atoms with E-state index in [4.69, 9.17) is 0 Å². The lowest BCUT2D eigenvalue weighted by molar-refractivity contribution is -0.123. The minimum atomic E-state index is -0.380. The average Bonchev–Trinajstić information content (AvgIpc) is 3.55. The lowest BCUT2D eigenvalue weighted by atomic mass is 10.1. The molecule has 3 aromatic heterocycles. The number of aromatic nitrogens is 4. The highest BCUT2D eigenvalue weighted by Gasteiger charge is 2.27. The van der Waals surface area contributed by atoms with Gasteiger partial charge in [-0.3, -0.25) is 4.79 Å². The number of carbonyl (C=O) groups excluding carboxylic acids is 1. The summed E-state index contributed by atoms with van der Waals surface area (Å²) in [6.07, 6.45) is 3.29. The Morgan fingerprint density at radius 3 is 3.03 bits per heavy atom. The van der Waals surface area contributed by atoms with Gasteiger partial charge in [-0.05, 0) is 59.1 Å². The van der Waals surface area contributed by atoms with Gasteiger partial charge < -0.3 is 15.5 Å². The number of nitrogens with zero attached hydrogens (tertiary/aromatic N) is 5. The molecule has 0 aliphatic carbocycles. The Kier molecular flexibility index (Phi) is 5.82. The van der Waals surface area contributed by atoms with Gasteiger partial charge in [-0.2, -0.15) is 0 Å². The van der Waals surface area contributed by atoms with Gasteiger partial charge in [0.1, 0.15) is 24.0 Å². The molecule has 4 heterocycles. The zero-order valence-electron chi connectivity index (χ0n) is 19.6. The van der Waals surface area contributed by atoms with Gasteiger partial charge in [-0.15, -0.1) is 16.4 Å². The predicted molar refractivity (Wildman–Crippen MR) is 139 cm³/mol. The van der Waals surface area contributed by atoms with Gasteiger partial charge in [-0.1, -0.05) is 12.1 Å². The summed E-state index contributed by atoms with van der Waals surface area (Å²) in [5.41, 5.74) is 2.78. The number of halogens is 1. The maximum absolute atomic E-state index is 14.1. The molecule has 36 heavy (non-hydrogen) atoms. The van der Waals surface area contributed by atoms with Crippen LogP contribution in [0.5, 0.6) is 0 Å². The molecule has 5 aromatic rings. The standard InChI is InChI=1S/C26H24FN7OS/c1-16-2-4-19(11-21(16)27)34-13-20-24(32-34)30-15-31-25(20)33-8-7-28-22(14-33)26(35)29-12-17-3-5-23-18(10-17)6-9-36-23/h2-6,9-11,13,15,22,28H,7-8,12,14H2,1H3,(H,29,35)/t22-/m0/s1. The smallest absolute Gasteiger partial charge is 0.239 e. The molecule has 182 valence electrons. The van der Waals surface area contributed by atoms with E-state index in [-0.39, 0.29) is 17.8 Å². The van der Waals surface area contributed by atoms with E-state index in [9.17, 15) is 9.18 Å². The first-order chi connectivity index (χ1) is 17.5. The van der Waals surface area contributed by atoms with Crippen molar-refractivity contribution in [3.05, 3.63) is 77.3 Å². The highest BCUT2D eigenvalue weighted by molar-refractivity contribution is 7.17. The maximum Gasteiger partial charge on any atom is 0.239 e. The van der Waals surface area contributed by atoms with Crippen LogP contribution in [0.4, 0.5) is 10.2 Å². The highest BCUT2D eigenvalue weighted by atomic mass is 32.1. The number of hydrogen-bond donors (Lipinski definition) is 2. The second kappa shape index (κ2) is 9.29. The molecule has 1 aliphatic rings. The SMILES string of the molecule is Cc1ccc(-n2cc3c(N4CCN[C@H](C(=O)NCc5ccc6sccc6c5)C4)ncnc3n2)cc1F. The average molecular weight is 502 g/mol. The van der Waals surface area contributed by atoms with E-state index in [1.807, 2.05) is 12.3 Å². The van der Waals surface area contributed by atoms with Crippen LogP contribution in [0.25, 0.3) is 26.8 Å². The summed E-state index contributed by atoms with van der Waals surface area (Å²) in [4.78, 5) is 23.9. The molecule has 6 rings (SSSR count). The Morgan fingerprint density at radius 1 is 1.22 bits per heavy atom. The fourth-order valence-corrected chi connectivity index (χ4v) is 5.26. The lowest BCUT2D eigenvalue weighted by Gasteiger charge is -2.33. The Hall–Kier alpha value is -3.89. The van der Waals surface area contributed by atoms with Crippen molar-refractivity contribution in [3.8, 4) is 5.69 Å². The molecule has 2 N–H and O–H groups in total. The quantitative estimate of drug-likeness (QED) is 0.383. The number of carbonyl (C=O) groups is 1. The molecule has 1 saturated heterocycles. The van der Waals surface area contributed by atoms with E-state index in [2.05, 4.69) is 60.2 Å². The Balaban J connectivity index is 1.19. The number of nitrogens with one attached hydrogen (secondary N) is 2. The number of thiophene rings is 1. The van der Waals surface area contributed by atoms with Crippen molar-refractivity contribution < 1.29 is 9.18 Å². The summed E-state index contributed by atoms with van der Waals surface area (Å²) < 4.78 is 17.0. The Labute approximate surface area is 210 Å². The van der Waals surface area contributed by atoms with E-state index in [0.29, 0.717) is 48.9 Å². The molecule has 10 heteroatoms. The van der Waals surface area contributed by atoms with Crippen molar-refractivity contribution in [2.24, 2.45) is 0 Å². The molecule has 1 fully saturated rings. The van der Waals surface area contributed by atoms with Gasteiger partial charge in [-0.25, -0.2) is 19.0 Å². The molecule has 0 radical (unpaired) electrons. The van der Waals surface area contributed by atoms with E-state index in [0.717, 1.165) is 10.9 Å². The first-order valence-corrected chi connectivity index (χ1v) is 12.6. The third-order valence-corrected chi connectivity index (χ3v) is 7.39. The van der Waals surface area contributed by atoms with E-state index >= 15 is 0 Å². The minimum absolute atomic E-state index is 0.0544. The first kappa shape index (κ1) is 22.6. The van der Waals surface area contributed by atoms with E-state index in [1.54, 1.807) is 29.0 Å². The van der Waals surface area contributed by atoms with Crippen molar-refractivity contribution in [3.63, 3.8) is 0 Å². The van der Waals surface area contributed by atoms with Crippen LogP contribution in [-0.2, 0) is 11.3 Å². The predicted octanol–water partition coefficient (Wildman–Crippen LogP) is 3.57. The fourth-order valence-electron chi connectivity index (χ4n) is 4.49. The molecular formula is C26H24FN7OS. The second-order valence-corrected chi connectivity index (χ2v) is 9.85. The largest absolute Gasteiger partial charge is 0.353 e. The molecule has 0 bridgehead atoms. The normalized spacial score (nSPS) is 16.1. The number of amides is 1. The molecule has 2 aromatic carbocycles. The van der Waals surface area contributed by atoms with Crippen LogP contribution in [0.3, 0.4) is 0 Å². The minimum Gasteiger partial charge on any atom is -0.353 e. The Morgan fingerprint density at radius 2 is 2.14 bits per heavy atom. The highest BCUT2D eigenvalue weighted by Crippen LogP contribution is 2.25. The molecule has 0 unspecified atom stereocenters. The van der Waals surface area contributed by atoms with Crippen molar-refractivity contribution >= 4 is 44.2 Å². The zero-order chi connectivity index (χ0) is 24.6. The number of fused-ring (bicyclic) bond motifs is 2. The monoisotopic (exact) mass is 501 g/mol. The van der Waals surface area contributed by atoms with E-state index < -0.39 is 0 Å². The van der Waals surface area contributed by atoms with Crippen LogP contribution in [0.2, 0.25) is 0 Å². The summed E-state index contributed by atoms with van der Waals surface area (Å²) in [5, 5.41) is 14.9. The number of piperazine rings is 1. The van der Waals surface area contributed by atoms with Crippen LogP contribution in [0.15, 0.2) is 60.4 Å². The van der Waals surface area contributed by atoms with Crippen molar-refractivity contribution in [1.29, 1.82) is 0 Å². The summed E-state index contributed by atoms with van der Waals surface area (Å²) in [7, 11) is 0. The number of anilines is 1. The van der Waals surface area contributed by atoms with Crippen LogP contribution in [-0.4, -0.2) is 51.3 Å². The molecule has 1 atom stereocenters. The van der Waals surface area contributed by atoms with Crippen molar-refractivity contribution in [2.75, 3.05) is 24.5 Å². The number of rotatable bonds is 5. The van der Waals surface area contributed by atoms with Crippen LogP contribution < -0.4 is 15.5 Å². The fraction of sp³-hybridized carbons (Fsp3) is 0.231. The van der Waals surface area contributed by atoms with Crippen LogP contribution in [0.1, 0.15) is 11.1 Å². The zero-order valence-corrected chi connectivity index (χ0v) is 20.4. The van der Waals surface area contributed by atoms with Crippen molar-refractivity contribution in [1.82, 2.24) is 30.4 Å². The summed E-state index contributed by atoms with van der Waals surface area (Å²) in [6, 6.07) is 13.0. The summed E-state index contributed by atoms with van der Waals surface area (Å²) >= 11 is 1.71. The van der Waals surface area contributed by atoms with Gasteiger partial charge in [0.25, 0.3) is 0 Å². The number of benzene rings is 2. The van der Waals surface area contributed by atoms with Gasteiger partial charge >= 0.3 is 0 Å². The Bertz CT molecular complexity index is 1580. The number of hydrogen-bond acceptors (Lipinski definition) is 7. The molecule has 1 aliphatic heterocycles.